The lowest BCUT2D eigenvalue weighted by atomic mass is 10.2. The molecule has 19 heavy (non-hydrogen) atoms. The fraction of sp³-hybridized carbons (Fsp3) is 0.500. The number of sulfone groups is 1. The summed E-state index contributed by atoms with van der Waals surface area (Å²) in [4.78, 5) is 18.1. The molecule has 2 unspecified atom stereocenters. The summed E-state index contributed by atoms with van der Waals surface area (Å²) in [5, 5.41) is -0.399. The maximum Gasteiger partial charge on any atom is 0.259 e. The molecule has 0 saturated carbocycles. The van der Waals surface area contributed by atoms with Crippen molar-refractivity contribution in [1.29, 1.82) is 0 Å². The van der Waals surface area contributed by atoms with Crippen LogP contribution >= 0.6 is 0 Å². The van der Waals surface area contributed by atoms with Crippen LogP contribution in [0.15, 0.2) is 18.3 Å². The van der Waals surface area contributed by atoms with Gasteiger partial charge in [0.2, 0.25) is 5.88 Å². The van der Waals surface area contributed by atoms with E-state index in [0.717, 1.165) is 0 Å². The summed E-state index contributed by atoms with van der Waals surface area (Å²) < 4.78 is 28.4. The van der Waals surface area contributed by atoms with Crippen LogP contribution in [-0.2, 0) is 9.84 Å². The van der Waals surface area contributed by atoms with Gasteiger partial charge in [0.05, 0.1) is 18.1 Å². The first-order chi connectivity index (χ1) is 9.03. The van der Waals surface area contributed by atoms with Crippen molar-refractivity contribution in [3.8, 4) is 5.88 Å². The van der Waals surface area contributed by atoms with Crippen molar-refractivity contribution in [1.82, 2.24) is 9.88 Å². The quantitative estimate of drug-likeness (QED) is 0.769. The van der Waals surface area contributed by atoms with Crippen molar-refractivity contribution >= 4 is 15.7 Å². The number of amides is 1. The van der Waals surface area contributed by atoms with Gasteiger partial charge in [0.1, 0.15) is 5.56 Å². The molecule has 3 rings (SSSR count). The second-order valence-corrected chi connectivity index (χ2v) is 7.18. The van der Waals surface area contributed by atoms with Gasteiger partial charge >= 0.3 is 0 Å². The summed E-state index contributed by atoms with van der Waals surface area (Å²) in [6.07, 6.45) is 2.10. The summed E-state index contributed by atoms with van der Waals surface area (Å²) in [6.45, 7) is 0.282. The van der Waals surface area contributed by atoms with Crippen molar-refractivity contribution in [2.45, 2.75) is 17.7 Å². The van der Waals surface area contributed by atoms with Crippen molar-refractivity contribution in [2.24, 2.45) is 0 Å². The molecule has 2 atom stereocenters. The highest BCUT2D eigenvalue weighted by Gasteiger charge is 2.50. The summed E-state index contributed by atoms with van der Waals surface area (Å²) in [6, 6.07) is 3.11. The van der Waals surface area contributed by atoms with E-state index in [1.807, 2.05) is 0 Å². The predicted octanol–water partition coefficient (Wildman–Crippen LogP) is 0.102. The van der Waals surface area contributed by atoms with Crippen molar-refractivity contribution < 1.29 is 17.9 Å². The monoisotopic (exact) mass is 282 g/mol. The maximum atomic E-state index is 12.4. The van der Waals surface area contributed by atoms with Crippen LogP contribution in [0, 0.1) is 0 Å². The lowest BCUT2D eigenvalue weighted by Gasteiger charge is -2.27. The summed E-state index contributed by atoms with van der Waals surface area (Å²) in [5.74, 6) is 0.150. The molecule has 2 saturated heterocycles. The van der Waals surface area contributed by atoms with E-state index >= 15 is 0 Å². The van der Waals surface area contributed by atoms with E-state index in [9.17, 15) is 13.2 Å². The van der Waals surface area contributed by atoms with Crippen LogP contribution < -0.4 is 4.74 Å². The van der Waals surface area contributed by atoms with Crippen molar-refractivity contribution in [3.05, 3.63) is 23.9 Å². The van der Waals surface area contributed by atoms with Gasteiger partial charge in [0, 0.05) is 18.8 Å². The Kier molecular flexibility index (Phi) is 2.74. The van der Waals surface area contributed by atoms with Gasteiger partial charge < -0.3 is 9.64 Å². The molecular weight excluding hydrogens is 268 g/mol. The van der Waals surface area contributed by atoms with E-state index in [2.05, 4.69) is 4.98 Å². The Labute approximate surface area is 111 Å². The number of rotatable bonds is 2. The zero-order valence-corrected chi connectivity index (χ0v) is 11.3. The molecule has 7 heteroatoms. The normalized spacial score (nSPS) is 27.5. The number of aromatic nitrogens is 1. The minimum Gasteiger partial charge on any atom is -0.480 e. The van der Waals surface area contributed by atoms with E-state index in [4.69, 9.17) is 4.74 Å². The van der Waals surface area contributed by atoms with Crippen LogP contribution in [0.3, 0.4) is 0 Å². The van der Waals surface area contributed by atoms with Gasteiger partial charge in [-0.3, -0.25) is 4.79 Å². The molecule has 2 aliphatic rings. The predicted molar refractivity (Wildman–Crippen MR) is 67.8 cm³/mol. The number of fused-ring (bicyclic) bond motifs is 2. The largest absolute Gasteiger partial charge is 0.480 e. The van der Waals surface area contributed by atoms with E-state index in [0.29, 0.717) is 12.0 Å². The fourth-order valence-corrected chi connectivity index (χ4v) is 4.84. The summed E-state index contributed by atoms with van der Waals surface area (Å²) >= 11 is 0. The van der Waals surface area contributed by atoms with E-state index in [1.165, 1.54) is 7.11 Å². The second kappa shape index (κ2) is 4.19. The Morgan fingerprint density at radius 1 is 1.53 bits per heavy atom. The average Bonchev–Trinajstić information content (AvgIpc) is 2.93. The molecule has 0 radical (unpaired) electrons. The van der Waals surface area contributed by atoms with Gasteiger partial charge in [-0.25, -0.2) is 13.4 Å². The van der Waals surface area contributed by atoms with Crippen LogP contribution in [0.2, 0.25) is 0 Å². The molecule has 3 heterocycles. The minimum atomic E-state index is -2.99. The third kappa shape index (κ3) is 1.88. The Hall–Kier alpha value is -1.63. The molecule has 1 aromatic rings. The Balaban J connectivity index is 1.87. The maximum absolute atomic E-state index is 12.4. The summed E-state index contributed by atoms with van der Waals surface area (Å²) in [7, 11) is -1.53. The van der Waals surface area contributed by atoms with Crippen LogP contribution in [0.4, 0.5) is 0 Å². The molecular formula is C12H14N2O4S. The number of hydrogen-bond donors (Lipinski definition) is 0. The molecule has 102 valence electrons. The van der Waals surface area contributed by atoms with Crippen molar-refractivity contribution in [3.63, 3.8) is 0 Å². The molecule has 6 nitrogen and oxygen atoms in total. The molecule has 2 fully saturated rings. The summed E-state index contributed by atoms with van der Waals surface area (Å²) in [5.41, 5.74) is 0.384. The number of likely N-dealkylation sites (tertiary alicyclic amines) is 1. The number of carbonyl (C=O) groups is 1. The Morgan fingerprint density at radius 2 is 2.32 bits per heavy atom. The molecule has 1 aromatic heterocycles. The van der Waals surface area contributed by atoms with Crippen LogP contribution in [0.5, 0.6) is 5.88 Å². The van der Waals surface area contributed by atoms with E-state index in [1.54, 1.807) is 23.2 Å². The second-order valence-electron chi connectivity index (χ2n) is 4.86. The van der Waals surface area contributed by atoms with Gasteiger partial charge in [0.25, 0.3) is 5.91 Å². The van der Waals surface area contributed by atoms with Gasteiger partial charge in [0.15, 0.2) is 9.84 Å². The molecule has 2 bridgehead atoms. The van der Waals surface area contributed by atoms with E-state index < -0.39 is 15.1 Å². The highest BCUT2D eigenvalue weighted by molar-refractivity contribution is 7.92. The van der Waals surface area contributed by atoms with Crippen LogP contribution in [0.25, 0.3) is 0 Å². The Bertz CT molecular complexity index is 628. The molecule has 1 amide bonds. The molecule has 0 N–H and O–H groups in total. The van der Waals surface area contributed by atoms with Gasteiger partial charge in [-0.05, 0) is 18.6 Å². The zero-order valence-electron chi connectivity index (χ0n) is 10.4. The molecule has 0 aliphatic carbocycles. The Morgan fingerprint density at radius 3 is 2.89 bits per heavy atom. The number of pyridine rings is 1. The zero-order chi connectivity index (χ0) is 13.6. The third-order valence-electron chi connectivity index (χ3n) is 3.76. The van der Waals surface area contributed by atoms with Crippen LogP contribution in [0.1, 0.15) is 16.8 Å². The molecule has 0 spiro atoms. The SMILES string of the molecule is COc1ncccc1C(=O)N1CC2CC1CS2(=O)=O. The van der Waals surface area contributed by atoms with Crippen molar-refractivity contribution in [2.75, 3.05) is 19.4 Å². The lowest BCUT2D eigenvalue weighted by Crippen LogP contribution is -2.44. The first kappa shape index (κ1) is 12.4. The fourth-order valence-electron chi connectivity index (χ4n) is 2.82. The lowest BCUT2D eigenvalue weighted by molar-refractivity contribution is 0.0741. The van der Waals surface area contributed by atoms with Gasteiger partial charge in [-0.2, -0.15) is 0 Å². The number of carbonyl (C=O) groups excluding carboxylic acids is 1. The third-order valence-corrected chi connectivity index (χ3v) is 5.97. The number of methoxy groups -OCH3 is 1. The minimum absolute atomic E-state index is 0.0754. The number of nitrogens with zero attached hydrogens (tertiary/aromatic N) is 2. The first-order valence-electron chi connectivity index (χ1n) is 6.04. The van der Waals surface area contributed by atoms with Gasteiger partial charge in [-0.15, -0.1) is 0 Å². The highest BCUT2D eigenvalue weighted by Crippen LogP contribution is 2.34. The van der Waals surface area contributed by atoms with Crippen LogP contribution in [-0.4, -0.2) is 54.9 Å². The molecule has 0 aromatic carbocycles. The standard InChI is InChI=1S/C12H14N2O4S/c1-18-11-10(3-2-4-13-11)12(15)14-6-9-5-8(14)7-19(9,16)17/h2-4,8-9H,5-7H2,1H3. The topological polar surface area (TPSA) is 76.6 Å². The number of hydrogen-bond acceptors (Lipinski definition) is 5. The number of ether oxygens (including phenoxy) is 1. The average molecular weight is 282 g/mol. The first-order valence-corrected chi connectivity index (χ1v) is 7.76. The highest BCUT2D eigenvalue weighted by atomic mass is 32.2. The smallest absolute Gasteiger partial charge is 0.259 e. The molecule has 2 aliphatic heterocycles. The van der Waals surface area contributed by atoms with Gasteiger partial charge in [-0.1, -0.05) is 0 Å². The van der Waals surface area contributed by atoms with E-state index in [-0.39, 0.29) is 30.1 Å².